The molecule has 2 saturated heterocycles. The molecule has 3 fully saturated rings. The second kappa shape index (κ2) is 5.89. The molecule has 6 nitrogen and oxygen atoms in total. The van der Waals surface area contributed by atoms with Crippen molar-refractivity contribution in [3.8, 4) is 0 Å². The van der Waals surface area contributed by atoms with Gasteiger partial charge in [-0.15, -0.1) is 0 Å². The third-order valence-electron chi connectivity index (χ3n) is 5.37. The number of urea groups is 1. The Morgan fingerprint density at radius 3 is 2.59 bits per heavy atom. The normalized spacial score (nSPS) is 28.1. The molecule has 1 saturated carbocycles. The molecule has 0 aromatic heterocycles. The van der Waals surface area contributed by atoms with Crippen molar-refractivity contribution in [3.05, 3.63) is 0 Å². The van der Waals surface area contributed by atoms with Crippen molar-refractivity contribution in [3.63, 3.8) is 0 Å². The van der Waals surface area contributed by atoms with Gasteiger partial charge in [-0.3, -0.25) is 14.5 Å². The van der Waals surface area contributed by atoms with Crippen LogP contribution in [0.2, 0.25) is 0 Å². The number of hydrogen-bond acceptors (Lipinski definition) is 3. The van der Waals surface area contributed by atoms with E-state index in [0.717, 1.165) is 50.0 Å². The topological polar surface area (TPSA) is 69.7 Å². The summed E-state index contributed by atoms with van der Waals surface area (Å²) in [7, 11) is 0. The molecule has 2 aliphatic heterocycles. The Bertz CT molecular complexity index is 485. The maximum absolute atomic E-state index is 12.7. The zero-order chi connectivity index (χ0) is 15.7. The molecule has 0 radical (unpaired) electrons. The van der Waals surface area contributed by atoms with E-state index in [1.165, 1.54) is 0 Å². The molecule has 1 spiro atoms. The number of imide groups is 1. The largest absolute Gasteiger partial charge is 0.338 e. The van der Waals surface area contributed by atoms with Gasteiger partial charge < -0.3 is 10.2 Å². The molecule has 1 atom stereocenters. The molecule has 0 aromatic carbocycles. The van der Waals surface area contributed by atoms with Gasteiger partial charge in [-0.05, 0) is 39.0 Å². The van der Waals surface area contributed by atoms with Gasteiger partial charge in [0.05, 0.1) is 0 Å². The van der Waals surface area contributed by atoms with Crippen molar-refractivity contribution in [1.82, 2.24) is 15.1 Å². The maximum atomic E-state index is 12.7. The Balaban J connectivity index is 1.68. The van der Waals surface area contributed by atoms with Crippen LogP contribution in [0.1, 0.15) is 58.3 Å². The average Bonchev–Trinajstić information content (AvgIpc) is 2.73. The van der Waals surface area contributed by atoms with Crippen molar-refractivity contribution in [1.29, 1.82) is 0 Å². The highest BCUT2D eigenvalue weighted by Crippen LogP contribution is 2.33. The molecule has 0 aromatic rings. The van der Waals surface area contributed by atoms with Crippen LogP contribution in [0, 0.1) is 0 Å². The second-order valence-corrected chi connectivity index (χ2v) is 6.90. The Morgan fingerprint density at radius 1 is 1.18 bits per heavy atom. The summed E-state index contributed by atoms with van der Waals surface area (Å²) in [5.41, 5.74) is -0.733. The first-order valence-corrected chi connectivity index (χ1v) is 8.47. The highest BCUT2D eigenvalue weighted by atomic mass is 16.2. The fourth-order valence-corrected chi connectivity index (χ4v) is 4.01. The second-order valence-electron chi connectivity index (χ2n) is 6.90. The number of carbonyl (C=O) groups excluding carboxylic acids is 3. The van der Waals surface area contributed by atoms with Gasteiger partial charge in [0.1, 0.15) is 12.1 Å². The lowest BCUT2D eigenvalue weighted by atomic mass is 9.82. The molecule has 6 heteroatoms. The molecule has 0 unspecified atom stereocenters. The number of amides is 4. The average molecular weight is 307 g/mol. The van der Waals surface area contributed by atoms with Crippen molar-refractivity contribution < 1.29 is 14.4 Å². The van der Waals surface area contributed by atoms with E-state index in [9.17, 15) is 14.4 Å². The van der Waals surface area contributed by atoms with Gasteiger partial charge in [-0.1, -0.05) is 19.3 Å². The van der Waals surface area contributed by atoms with Gasteiger partial charge in [-0.2, -0.15) is 0 Å². The predicted octanol–water partition coefficient (Wildman–Crippen LogP) is 1.64. The van der Waals surface area contributed by atoms with Crippen molar-refractivity contribution in [2.75, 3.05) is 13.1 Å². The van der Waals surface area contributed by atoms with E-state index in [4.69, 9.17) is 0 Å². The lowest BCUT2D eigenvalue weighted by molar-refractivity contribution is -0.141. The summed E-state index contributed by atoms with van der Waals surface area (Å²) >= 11 is 0. The molecule has 0 bridgehead atoms. The van der Waals surface area contributed by atoms with Crippen LogP contribution in [0.3, 0.4) is 0 Å². The maximum Gasteiger partial charge on any atom is 0.325 e. The molecule has 122 valence electrons. The fourth-order valence-electron chi connectivity index (χ4n) is 4.01. The molecule has 4 amide bonds. The van der Waals surface area contributed by atoms with Crippen molar-refractivity contribution >= 4 is 17.8 Å². The van der Waals surface area contributed by atoms with Crippen LogP contribution in [-0.4, -0.2) is 52.3 Å². The summed E-state index contributed by atoms with van der Waals surface area (Å²) in [4.78, 5) is 40.3. The van der Waals surface area contributed by atoms with Crippen LogP contribution < -0.4 is 5.32 Å². The smallest absolute Gasteiger partial charge is 0.325 e. The minimum atomic E-state index is -0.733. The number of rotatable bonds is 2. The van der Waals surface area contributed by atoms with Crippen LogP contribution in [0.5, 0.6) is 0 Å². The standard InChI is InChI=1S/C16H25N3O3/c1-12-7-3-6-10-18(12)13(20)11-19-14(21)16(17-15(19)22)8-4-2-5-9-16/h12H,2-11H2,1H3,(H,17,22)/t12-/m0/s1. The van der Waals surface area contributed by atoms with E-state index in [1.54, 1.807) is 0 Å². The molecule has 1 N–H and O–H groups in total. The first-order valence-electron chi connectivity index (χ1n) is 8.47. The highest BCUT2D eigenvalue weighted by molar-refractivity contribution is 6.09. The van der Waals surface area contributed by atoms with Gasteiger partial charge >= 0.3 is 6.03 Å². The highest BCUT2D eigenvalue weighted by Gasteiger charge is 2.51. The zero-order valence-corrected chi connectivity index (χ0v) is 13.3. The van der Waals surface area contributed by atoms with Crippen LogP contribution in [0.25, 0.3) is 0 Å². The van der Waals surface area contributed by atoms with Crippen molar-refractivity contribution in [2.24, 2.45) is 0 Å². The van der Waals surface area contributed by atoms with Crippen LogP contribution in [0.4, 0.5) is 4.79 Å². The Morgan fingerprint density at radius 2 is 1.91 bits per heavy atom. The zero-order valence-electron chi connectivity index (χ0n) is 13.3. The van der Waals surface area contributed by atoms with E-state index in [1.807, 2.05) is 11.8 Å². The van der Waals surface area contributed by atoms with E-state index >= 15 is 0 Å². The van der Waals surface area contributed by atoms with Gasteiger partial charge in [0.25, 0.3) is 5.91 Å². The van der Waals surface area contributed by atoms with Crippen molar-refractivity contribution in [2.45, 2.75) is 69.9 Å². The molecule has 3 aliphatic rings. The molecule has 3 rings (SSSR count). The number of nitrogens with one attached hydrogen (secondary N) is 1. The third-order valence-corrected chi connectivity index (χ3v) is 5.37. The Hall–Kier alpha value is -1.59. The quantitative estimate of drug-likeness (QED) is 0.789. The summed E-state index contributed by atoms with van der Waals surface area (Å²) in [6.45, 7) is 2.65. The number of piperidine rings is 1. The molecule has 2 heterocycles. The van der Waals surface area contributed by atoms with Gasteiger partial charge in [-0.25, -0.2) is 4.79 Å². The monoisotopic (exact) mass is 307 g/mol. The number of hydrogen-bond donors (Lipinski definition) is 1. The van der Waals surface area contributed by atoms with E-state index < -0.39 is 11.6 Å². The molecular formula is C16H25N3O3. The first kappa shape index (κ1) is 15.3. The molecule has 1 aliphatic carbocycles. The summed E-state index contributed by atoms with van der Waals surface area (Å²) < 4.78 is 0. The number of nitrogens with zero attached hydrogens (tertiary/aromatic N) is 2. The molecule has 22 heavy (non-hydrogen) atoms. The van der Waals surface area contributed by atoms with Gasteiger partial charge in [0.15, 0.2) is 0 Å². The van der Waals surface area contributed by atoms with Crippen LogP contribution in [-0.2, 0) is 9.59 Å². The van der Waals surface area contributed by atoms with E-state index in [-0.39, 0.29) is 24.4 Å². The van der Waals surface area contributed by atoms with Crippen LogP contribution >= 0.6 is 0 Å². The van der Waals surface area contributed by atoms with E-state index in [2.05, 4.69) is 5.32 Å². The van der Waals surface area contributed by atoms with E-state index in [0.29, 0.717) is 12.8 Å². The summed E-state index contributed by atoms with van der Waals surface area (Å²) in [5, 5.41) is 2.86. The number of likely N-dealkylation sites (tertiary alicyclic amines) is 1. The summed E-state index contributed by atoms with van der Waals surface area (Å²) in [6.07, 6.45) is 7.54. The Kier molecular flexibility index (Phi) is 4.10. The third kappa shape index (κ3) is 2.59. The lowest BCUT2D eigenvalue weighted by Gasteiger charge is -2.34. The number of carbonyl (C=O) groups is 3. The summed E-state index contributed by atoms with van der Waals surface area (Å²) in [5.74, 6) is -0.307. The SMILES string of the molecule is C[C@H]1CCCCN1C(=O)CN1C(=O)NC2(CCCCC2)C1=O. The van der Waals surface area contributed by atoms with Crippen LogP contribution in [0.15, 0.2) is 0 Å². The first-order chi connectivity index (χ1) is 10.5. The predicted molar refractivity (Wildman–Crippen MR) is 81.1 cm³/mol. The Labute approximate surface area is 131 Å². The minimum absolute atomic E-state index is 0.108. The summed E-state index contributed by atoms with van der Waals surface area (Å²) in [6, 6.07) is -0.199. The fraction of sp³-hybridized carbons (Fsp3) is 0.812. The lowest BCUT2D eigenvalue weighted by Crippen LogP contribution is -2.50. The minimum Gasteiger partial charge on any atom is -0.338 e. The molecular weight excluding hydrogens is 282 g/mol. The van der Waals surface area contributed by atoms with Gasteiger partial charge in [0.2, 0.25) is 5.91 Å². The van der Waals surface area contributed by atoms with Gasteiger partial charge in [0, 0.05) is 12.6 Å².